The molecule has 2 N–H and O–H groups in total. The highest BCUT2D eigenvalue weighted by atomic mass is 16.6. The van der Waals surface area contributed by atoms with Crippen LogP contribution >= 0.6 is 0 Å². The Bertz CT molecular complexity index is 1390. The summed E-state index contributed by atoms with van der Waals surface area (Å²) in [5.74, 6) is -1.48. The van der Waals surface area contributed by atoms with Gasteiger partial charge >= 0.3 is 24.1 Å². The molecule has 0 saturated carbocycles. The molecule has 0 bridgehead atoms. The summed E-state index contributed by atoms with van der Waals surface area (Å²) in [4.78, 5) is 53.9. The van der Waals surface area contributed by atoms with Crippen LogP contribution < -0.4 is 10.6 Å². The molecule has 216 valence electrons. The molecular formula is C29H32N4O8. The van der Waals surface area contributed by atoms with Crippen LogP contribution in [0.25, 0.3) is 11.1 Å². The van der Waals surface area contributed by atoms with Crippen LogP contribution in [0.1, 0.15) is 29.7 Å². The highest BCUT2D eigenvalue weighted by Gasteiger charge is 2.38. The van der Waals surface area contributed by atoms with Gasteiger partial charge in [0.2, 0.25) is 0 Å². The number of carbonyl (C=O) groups excluding carboxylic acids is 4. The number of rotatable bonds is 10. The number of ether oxygens (including phenoxy) is 4. The van der Waals surface area contributed by atoms with E-state index < -0.39 is 35.7 Å². The molecule has 41 heavy (non-hydrogen) atoms. The predicted molar refractivity (Wildman–Crippen MR) is 146 cm³/mol. The Morgan fingerprint density at radius 1 is 0.927 bits per heavy atom. The average molecular weight is 565 g/mol. The number of hydrogen-bond acceptors (Lipinski definition) is 9. The van der Waals surface area contributed by atoms with Crippen molar-refractivity contribution in [2.45, 2.75) is 30.8 Å². The minimum atomic E-state index is -1.37. The molecule has 2 amide bonds. The van der Waals surface area contributed by atoms with Crippen molar-refractivity contribution in [1.29, 1.82) is 0 Å². The first-order valence-electron chi connectivity index (χ1n) is 12.8. The van der Waals surface area contributed by atoms with E-state index >= 15 is 0 Å². The van der Waals surface area contributed by atoms with E-state index in [1.165, 1.54) is 38.4 Å². The molecule has 2 aromatic carbocycles. The van der Waals surface area contributed by atoms with Crippen molar-refractivity contribution < 1.29 is 38.1 Å². The second-order valence-corrected chi connectivity index (χ2v) is 9.63. The number of benzene rings is 2. The molecule has 0 unspecified atom stereocenters. The molecule has 4 rings (SSSR count). The molecule has 2 atom stereocenters. The lowest BCUT2D eigenvalue weighted by molar-refractivity contribution is -0.150. The van der Waals surface area contributed by atoms with Crippen molar-refractivity contribution in [1.82, 2.24) is 20.2 Å². The van der Waals surface area contributed by atoms with Crippen LogP contribution in [0.3, 0.4) is 0 Å². The van der Waals surface area contributed by atoms with Crippen LogP contribution in [-0.2, 0) is 40.5 Å². The second kappa shape index (κ2) is 12.5. The molecule has 12 nitrogen and oxygen atoms in total. The van der Waals surface area contributed by atoms with Gasteiger partial charge in [-0.15, -0.1) is 0 Å². The molecule has 1 heterocycles. The number of amides is 2. The van der Waals surface area contributed by atoms with Gasteiger partial charge in [0.25, 0.3) is 0 Å². The van der Waals surface area contributed by atoms with E-state index in [1.807, 2.05) is 48.5 Å². The SMILES string of the molecule is COC(=O)NC[C@@](C)(C(=O)OC)n1cnc(C[C@H](NC(=O)OCC2c3ccccc3-c3ccccc32)C(=O)OC)c1. The van der Waals surface area contributed by atoms with Gasteiger partial charge in [-0.05, 0) is 29.2 Å². The first kappa shape index (κ1) is 29.1. The maximum Gasteiger partial charge on any atom is 0.407 e. The predicted octanol–water partition coefficient (Wildman–Crippen LogP) is 2.75. The highest BCUT2D eigenvalue weighted by molar-refractivity contribution is 5.82. The van der Waals surface area contributed by atoms with Gasteiger partial charge in [0, 0.05) is 18.5 Å². The molecule has 0 spiro atoms. The summed E-state index contributed by atoms with van der Waals surface area (Å²) in [6.07, 6.45) is 1.32. The van der Waals surface area contributed by atoms with Gasteiger partial charge in [-0.25, -0.2) is 24.2 Å². The molecule has 0 saturated heterocycles. The molecular weight excluding hydrogens is 532 g/mol. The number of alkyl carbamates (subject to hydrolysis) is 2. The van der Waals surface area contributed by atoms with E-state index in [-0.39, 0.29) is 25.5 Å². The number of fused-ring (bicyclic) bond motifs is 3. The van der Waals surface area contributed by atoms with Gasteiger partial charge in [0.1, 0.15) is 12.6 Å². The highest BCUT2D eigenvalue weighted by Crippen LogP contribution is 2.44. The van der Waals surface area contributed by atoms with Gasteiger partial charge in [-0.3, -0.25) is 0 Å². The van der Waals surface area contributed by atoms with Gasteiger partial charge in [0.05, 0.1) is 39.9 Å². The van der Waals surface area contributed by atoms with Crippen molar-refractivity contribution >= 4 is 24.1 Å². The van der Waals surface area contributed by atoms with Crippen molar-refractivity contribution in [2.24, 2.45) is 0 Å². The van der Waals surface area contributed by atoms with Crippen molar-refractivity contribution in [2.75, 3.05) is 34.5 Å². The summed E-state index contributed by atoms with van der Waals surface area (Å²) >= 11 is 0. The summed E-state index contributed by atoms with van der Waals surface area (Å²) in [7, 11) is 3.64. The number of imidazole rings is 1. The zero-order valence-corrected chi connectivity index (χ0v) is 23.2. The van der Waals surface area contributed by atoms with Gasteiger partial charge in [-0.1, -0.05) is 48.5 Å². The van der Waals surface area contributed by atoms with Gasteiger partial charge in [-0.2, -0.15) is 0 Å². The fourth-order valence-electron chi connectivity index (χ4n) is 4.87. The van der Waals surface area contributed by atoms with Crippen molar-refractivity contribution in [3.05, 3.63) is 77.9 Å². The van der Waals surface area contributed by atoms with E-state index in [1.54, 1.807) is 6.92 Å². The zero-order chi connectivity index (χ0) is 29.6. The van der Waals surface area contributed by atoms with E-state index in [9.17, 15) is 19.2 Å². The maximum atomic E-state index is 12.8. The number of hydrogen-bond donors (Lipinski definition) is 2. The Morgan fingerprint density at radius 2 is 1.56 bits per heavy atom. The van der Waals surface area contributed by atoms with E-state index in [0.29, 0.717) is 5.69 Å². The molecule has 3 aromatic rings. The molecule has 12 heteroatoms. The molecule has 0 radical (unpaired) electrons. The van der Waals surface area contributed by atoms with Crippen LogP contribution in [0.4, 0.5) is 9.59 Å². The van der Waals surface area contributed by atoms with Crippen LogP contribution in [0.15, 0.2) is 61.1 Å². The van der Waals surface area contributed by atoms with Crippen LogP contribution in [0.2, 0.25) is 0 Å². The fourth-order valence-corrected chi connectivity index (χ4v) is 4.87. The van der Waals surface area contributed by atoms with Crippen LogP contribution in [0, 0.1) is 0 Å². The maximum absolute atomic E-state index is 12.8. The Hall–Kier alpha value is -4.87. The number of esters is 2. The minimum Gasteiger partial charge on any atom is -0.467 e. The fraction of sp³-hybridized carbons (Fsp3) is 0.345. The summed E-state index contributed by atoms with van der Waals surface area (Å²) in [6.45, 7) is 1.47. The number of methoxy groups -OCH3 is 3. The lowest BCUT2D eigenvalue weighted by Crippen LogP contribution is -2.49. The Kier molecular flexibility index (Phi) is 8.91. The van der Waals surface area contributed by atoms with E-state index in [2.05, 4.69) is 20.4 Å². The standard InChI is InChI=1S/C29H32N4O8/c1-29(26(35)39-3,16-30-27(36)40-4)33-14-18(31-17-33)13-24(25(34)38-2)32-28(37)41-15-23-21-11-7-5-9-19(21)20-10-6-8-12-22(20)23/h5-12,14,17,23-24H,13,15-16H2,1-4H3,(H,30,36)(H,32,37)/t24-,29-/m0/s1. The Balaban J connectivity index is 1.44. The monoisotopic (exact) mass is 564 g/mol. The smallest absolute Gasteiger partial charge is 0.407 e. The lowest BCUT2D eigenvalue weighted by atomic mass is 9.98. The third-order valence-corrected chi connectivity index (χ3v) is 7.13. The van der Waals surface area contributed by atoms with Crippen LogP contribution in [-0.4, -0.2) is 74.2 Å². The van der Waals surface area contributed by atoms with Crippen molar-refractivity contribution in [3.8, 4) is 11.1 Å². The van der Waals surface area contributed by atoms with Crippen molar-refractivity contribution in [3.63, 3.8) is 0 Å². The Morgan fingerprint density at radius 3 is 2.15 bits per heavy atom. The minimum absolute atomic E-state index is 0.0500. The average Bonchev–Trinajstić information content (AvgIpc) is 3.60. The summed E-state index contributed by atoms with van der Waals surface area (Å²) in [6, 6.07) is 14.8. The molecule has 1 aromatic heterocycles. The van der Waals surface area contributed by atoms with Gasteiger partial charge in [0.15, 0.2) is 5.54 Å². The third-order valence-electron chi connectivity index (χ3n) is 7.13. The zero-order valence-electron chi connectivity index (χ0n) is 23.2. The molecule has 1 aliphatic carbocycles. The second-order valence-electron chi connectivity index (χ2n) is 9.63. The van der Waals surface area contributed by atoms with E-state index in [0.717, 1.165) is 22.3 Å². The summed E-state index contributed by atoms with van der Waals surface area (Å²) in [5.41, 5.74) is 3.32. The normalized spacial score (nSPS) is 14.0. The summed E-state index contributed by atoms with van der Waals surface area (Å²) < 4.78 is 21.4. The first-order valence-corrected chi connectivity index (χ1v) is 12.8. The quantitative estimate of drug-likeness (QED) is 0.280. The topological polar surface area (TPSA) is 147 Å². The lowest BCUT2D eigenvalue weighted by Gasteiger charge is -2.28. The number of nitrogens with zero attached hydrogens (tertiary/aromatic N) is 2. The number of carbonyl (C=O) groups is 4. The first-order chi connectivity index (χ1) is 19.7. The van der Waals surface area contributed by atoms with Gasteiger partial charge < -0.3 is 34.1 Å². The Labute approximate surface area is 236 Å². The summed E-state index contributed by atoms with van der Waals surface area (Å²) in [5, 5.41) is 5.05. The molecule has 0 aliphatic heterocycles. The number of aromatic nitrogens is 2. The molecule has 1 aliphatic rings. The van der Waals surface area contributed by atoms with E-state index in [4.69, 9.17) is 14.2 Å². The largest absolute Gasteiger partial charge is 0.467 e. The van der Waals surface area contributed by atoms with Crippen LogP contribution in [0.5, 0.6) is 0 Å². The molecule has 0 fully saturated rings. The number of nitrogens with one attached hydrogen (secondary N) is 2. The third kappa shape index (κ3) is 6.16.